The fourth-order valence-electron chi connectivity index (χ4n) is 5.17. The molecule has 0 unspecified atom stereocenters. The molecule has 1 atom stereocenters. The molecule has 2 saturated heterocycles. The van der Waals surface area contributed by atoms with Gasteiger partial charge < -0.3 is 14.4 Å². The van der Waals surface area contributed by atoms with Gasteiger partial charge in [-0.2, -0.15) is 0 Å². The first-order valence-corrected chi connectivity index (χ1v) is 13.2. The van der Waals surface area contributed by atoms with E-state index in [1.807, 2.05) is 4.90 Å². The topological polar surface area (TPSA) is 122 Å². The van der Waals surface area contributed by atoms with Gasteiger partial charge in [-0.05, 0) is 49.9 Å². The summed E-state index contributed by atoms with van der Waals surface area (Å²) in [6.45, 7) is 1.44. The fraction of sp³-hybridized carbons (Fsp3) is 0.652. The van der Waals surface area contributed by atoms with Crippen molar-refractivity contribution < 1.29 is 32.7 Å². The second-order valence-corrected chi connectivity index (χ2v) is 11.4. The van der Waals surface area contributed by atoms with E-state index in [1.54, 1.807) is 12.1 Å². The fourth-order valence-corrected chi connectivity index (χ4v) is 7.11. The molecule has 33 heavy (non-hydrogen) atoms. The van der Waals surface area contributed by atoms with Crippen molar-refractivity contribution in [3.63, 3.8) is 0 Å². The number of carbonyl (C=O) groups is 2. The summed E-state index contributed by atoms with van der Waals surface area (Å²) in [6, 6.07) is 5.99. The first-order chi connectivity index (χ1) is 15.9. The highest BCUT2D eigenvalue weighted by Gasteiger charge is 2.52. The number of rotatable bonds is 6. The molecular weight excluding hydrogens is 448 g/mol. The number of benzene rings is 1. The molecule has 4 rings (SSSR count). The molecule has 2 aliphatic heterocycles. The Labute approximate surface area is 194 Å². The Bertz CT molecular complexity index is 952. The molecule has 0 radical (unpaired) electrons. The van der Waals surface area contributed by atoms with Gasteiger partial charge in [-0.3, -0.25) is 14.8 Å². The van der Waals surface area contributed by atoms with Crippen LogP contribution in [0.3, 0.4) is 0 Å². The molecule has 3 fully saturated rings. The van der Waals surface area contributed by atoms with Crippen LogP contribution in [-0.2, 0) is 24.2 Å². The van der Waals surface area contributed by atoms with Crippen LogP contribution in [0.15, 0.2) is 29.2 Å². The zero-order valence-electron chi connectivity index (χ0n) is 18.7. The van der Waals surface area contributed by atoms with E-state index in [9.17, 15) is 18.0 Å². The van der Waals surface area contributed by atoms with Gasteiger partial charge >= 0.3 is 0 Å². The monoisotopic (exact) mass is 480 g/mol. The van der Waals surface area contributed by atoms with Crippen molar-refractivity contribution in [1.82, 2.24) is 10.4 Å². The van der Waals surface area contributed by atoms with Crippen LogP contribution in [-0.4, -0.2) is 67.5 Å². The Morgan fingerprint density at radius 3 is 2.36 bits per heavy atom. The second kappa shape index (κ2) is 9.99. The highest BCUT2D eigenvalue weighted by Crippen LogP contribution is 2.36. The number of hydroxylamine groups is 1. The van der Waals surface area contributed by atoms with Crippen molar-refractivity contribution in [1.29, 1.82) is 0 Å². The lowest BCUT2D eigenvalue weighted by Gasteiger charge is -2.34. The lowest BCUT2D eigenvalue weighted by atomic mass is 9.88. The molecule has 0 aromatic heterocycles. The molecular formula is C23H32N2O7S. The zero-order chi connectivity index (χ0) is 23.5. The van der Waals surface area contributed by atoms with Gasteiger partial charge in [0.05, 0.1) is 11.4 Å². The van der Waals surface area contributed by atoms with Gasteiger partial charge in [0.2, 0.25) is 5.91 Å². The van der Waals surface area contributed by atoms with Gasteiger partial charge in [0.25, 0.3) is 5.91 Å². The highest BCUT2D eigenvalue weighted by molar-refractivity contribution is 7.93. The summed E-state index contributed by atoms with van der Waals surface area (Å²) in [5, 5.41) is 9.16. The van der Waals surface area contributed by atoms with Crippen molar-refractivity contribution in [2.24, 2.45) is 5.92 Å². The first-order valence-electron chi connectivity index (χ1n) is 11.7. The summed E-state index contributed by atoms with van der Waals surface area (Å²) in [5.41, 5.74) is 1.52. The second-order valence-electron chi connectivity index (χ2n) is 9.17. The number of ether oxygens (including phenoxy) is 2. The number of amides is 2. The maximum atomic E-state index is 13.3. The average Bonchev–Trinajstić information content (AvgIpc) is 3.32. The third-order valence-corrected chi connectivity index (χ3v) is 9.69. The predicted octanol–water partition coefficient (Wildman–Crippen LogP) is 2.07. The summed E-state index contributed by atoms with van der Waals surface area (Å²) in [7, 11) is -4.07. The van der Waals surface area contributed by atoms with Gasteiger partial charge in [0.1, 0.15) is 11.9 Å². The minimum Gasteiger partial charge on any atom is -0.489 e. The van der Waals surface area contributed by atoms with Crippen molar-refractivity contribution >= 4 is 21.7 Å². The molecule has 2 heterocycles. The van der Waals surface area contributed by atoms with Crippen LogP contribution in [0.1, 0.15) is 51.4 Å². The largest absolute Gasteiger partial charge is 0.489 e. The van der Waals surface area contributed by atoms with Crippen LogP contribution in [0, 0.1) is 5.92 Å². The van der Waals surface area contributed by atoms with Gasteiger partial charge in [0, 0.05) is 32.1 Å². The maximum absolute atomic E-state index is 13.3. The third-order valence-electron chi connectivity index (χ3n) is 7.18. The number of hydrogen-bond acceptors (Lipinski definition) is 7. The van der Waals surface area contributed by atoms with Crippen LogP contribution in [0.25, 0.3) is 0 Å². The quantitative estimate of drug-likeness (QED) is 0.472. The molecule has 1 saturated carbocycles. The molecule has 0 bridgehead atoms. The number of hydrogen-bond donors (Lipinski definition) is 2. The molecule has 9 nitrogen and oxygen atoms in total. The van der Waals surface area contributed by atoms with Gasteiger partial charge in [0.15, 0.2) is 14.6 Å². The molecule has 10 heteroatoms. The number of likely N-dealkylation sites (tertiary alicyclic amines) is 1. The van der Waals surface area contributed by atoms with E-state index in [0.717, 1.165) is 32.1 Å². The van der Waals surface area contributed by atoms with E-state index in [4.69, 9.17) is 14.7 Å². The van der Waals surface area contributed by atoms with Crippen LogP contribution in [0.5, 0.6) is 5.75 Å². The lowest BCUT2D eigenvalue weighted by Crippen LogP contribution is -2.54. The summed E-state index contributed by atoms with van der Waals surface area (Å²) in [4.78, 5) is 27.0. The van der Waals surface area contributed by atoms with Crippen LogP contribution >= 0.6 is 0 Å². The average molecular weight is 481 g/mol. The Kier molecular flexibility index (Phi) is 7.25. The number of carbonyl (C=O) groups excluding carboxylic acids is 2. The van der Waals surface area contributed by atoms with Crippen molar-refractivity contribution in [2.45, 2.75) is 67.1 Å². The molecule has 1 aromatic rings. The van der Waals surface area contributed by atoms with E-state index in [2.05, 4.69) is 0 Å². The highest BCUT2D eigenvalue weighted by atomic mass is 32.2. The Hall–Kier alpha value is -2.17. The normalized spacial score (nSPS) is 23.8. The molecule has 1 aromatic carbocycles. The molecule has 1 aliphatic carbocycles. The van der Waals surface area contributed by atoms with E-state index < -0.39 is 20.5 Å². The lowest BCUT2D eigenvalue weighted by molar-refractivity contribution is -0.136. The summed E-state index contributed by atoms with van der Waals surface area (Å²) >= 11 is 0. The van der Waals surface area contributed by atoms with Crippen LogP contribution in [0.4, 0.5) is 0 Å². The minimum atomic E-state index is -4.07. The van der Waals surface area contributed by atoms with Crippen molar-refractivity contribution in [3.8, 4) is 5.75 Å². The summed E-state index contributed by atoms with van der Waals surface area (Å²) in [5.74, 6) is -0.0693. The Morgan fingerprint density at radius 2 is 1.73 bits per heavy atom. The third kappa shape index (κ3) is 4.74. The van der Waals surface area contributed by atoms with E-state index >= 15 is 0 Å². The maximum Gasteiger partial charge on any atom is 0.265 e. The molecule has 2 N–H and O–H groups in total. The summed E-state index contributed by atoms with van der Waals surface area (Å²) in [6.07, 6.45) is 5.92. The number of nitrogens with zero attached hydrogens (tertiary/aromatic N) is 1. The van der Waals surface area contributed by atoms with E-state index in [1.165, 1.54) is 24.0 Å². The van der Waals surface area contributed by atoms with Crippen LogP contribution < -0.4 is 10.2 Å². The van der Waals surface area contributed by atoms with Gasteiger partial charge in [-0.15, -0.1) is 0 Å². The standard InChI is InChI=1S/C23H32N2O7S/c26-21(17-4-2-1-3-5-17)25-13-10-19(16-25)32-18-6-8-20(9-7-18)33(29,30)23(22(27)24-28)11-14-31-15-12-23/h6-9,17,19,28H,1-5,10-16H2,(H,24,27)/t19-/m0/s1. The van der Waals surface area contributed by atoms with Gasteiger partial charge in [-0.25, -0.2) is 13.9 Å². The van der Waals surface area contributed by atoms with Crippen LogP contribution in [0.2, 0.25) is 0 Å². The smallest absolute Gasteiger partial charge is 0.265 e. The van der Waals surface area contributed by atoms with E-state index in [0.29, 0.717) is 18.8 Å². The predicted molar refractivity (Wildman–Crippen MR) is 119 cm³/mol. The minimum absolute atomic E-state index is 0.0131. The molecule has 3 aliphatic rings. The number of nitrogens with one attached hydrogen (secondary N) is 1. The zero-order valence-corrected chi connectivity index (χ0v) is 19.5. The molecule has 182 valence electrons. The number of sulfone groups is 1. The van der Waals surface area contributed by atoms with Gasteiger partial charge in [-0.1, -0.05) is 19.3 Å². The summed E-state index contributed by atoms with van der Waals surface area (Å²) < 4.78 is 36.1. The molecule has 0 spiro atoms. The Morgan fingerprint density at radius 1 is 1.06 bits per heavy atom. The SMILES string of the molecule is O=C(C1CCCCC1)N1CC[C@H](Oc2ccc(S(=O)(=O)C3(C(=O)NO)CCOCC3)cc2)C1. The van der Waals surface area contributed by atoms with Crippen molar-refractivity contribution in [2.75, 3.05) is 26.3 Å². The Balaban J connectivity index is 1.41. The molecule has 2 amide bonds. The van der Waals surface area contributed by atoms with E-state index in [-0.39, 0.29) is 48.9 Å². The first kappa shape index (κ1) is 24.0. The van der Waals surface area contributed by atoms with Crippen molar-refractivity contribution in [3.05, 3.63) is 24.3 Å².